The number of hydrogen-bond acceptors (Lipinski definition) is 2. The van der Waals surface area contributed by atoms with Gasteiger partial charge in [0.2, 0.25) is 0 Å². The molecule has 0 spiro atoms. The van der Waals surface area contributed by atoms with E-state index < -0.39 is 11.6 Å². The van der Waals surface area contributed by atoms with Crippen LogP contribution in [0.25, 0.3) is 11.1 Å². The van der Waals surface area contributed by atoms with Crippen LogP contribution in [0.15, 0.2) is 36.4 Å². The highest BCUT2D eigenvalue weighted by molar-refractivity contribution is 6.31. The van der Waals surface area contributed by atoms with Crippen molar-refractivity contribution in [1.82, 2.24) is 0 Å². The van der Waals surface area contributed by atoms with Crippen LogP contribution < -0.4 is 0 Å². The molecule has 0 heterocycles. The lowest BCUT2D eigenvalue weighted by Crippen LogP contribution is -1.83. The smallest absolute Gasteiger partial charge is 0.164 e. The van der Waals surface area contributed by atoms with Gasteiger partial charge in [0, 0.05) is 0 Å². The highest BCUT2D eigenvalue weighted by atomic mass is 35.5. The lowest BCUT2D eigenvalue weighted by Gasteiger charge is -2.04. The molecule has 0 saturated carbocycles. The molecule has 2 aromatic rings. The summed E-state index contributed by atoms with van der Waals surface area (Å²) in [7, 11) is 0. The highest BCUT2D eigenvalue weighted by Gasteiger charge is 2.06. The quantitative estimate of drug-likeness (QED) is 0.835. The average molecular weight is 248 g/mol. The third kappa shape index (κ3) is 2.22. The maximum atomic E-state index is 12.9. The van der Waals surface area contributed by atoms with E-state index in [-0.39, 0.29) is 0 Å². The van der Waals surface area contributed by atoms with Crippen molar-refractivity contribution in [3.63, 3.8) is 0 Å². The summed E-state index contributed by atoms with van der Waals surface area (Å²) in [6.07, 6.45) is 0. The lowest BCUT2D eigenvalue weighted by atomic mass is 10.0. The molecule has 2 nitrogen and oxygen atoms in total. The highest BCUT2D eigenvalue weighted by Crippen LogP contribution is 2.28. The summed E-state index contributed by atoms with van der Waals surface area (Å²) in [5.41, 5.74) is 1.66. The number of hydrogen-bond donors (Lipinski definition) is 1. The summed E-state index contributed by atoms with van der Waals surface area (Å²) in [4.78, 5) is 0. The molecule has 0 atom stereocenters. The van der Waals surface area contributed by atoms with Gasteiger partial charge in [-0.2, -0.15) is 5.26 Å². The molecule has 0 aliphatic rings. The van der Waals surface area contributed by atoms with Gasteiger partial charge in [0.05, 0.1) is 10.6 Å². The molecule has 2 rings (SSSR count). The van der Waals surface area contributed by atoms with Crippen molar-refractivity contribution >= 4 is 11.6 Å². The second-order valence-corrected chi connectivity index (χ2v) is 3.88. The molecule has 0 saturated heterocycles. The van der Waals surface area contributed by atoms with Crippen molar-refractivity contribution in [1.29, 1.82) is 5.26 Å². The Morgan fingerprint density at radius 2 is 1.76 bits per heavy atom. The van der Waals surface area contributed by atoms with Gasteiger partial charge >= 0.3 is 0 Å². The Kier molecular flexibility index (Phi) is 2.99. The van der Waals surface area contributed by atoms with E-state index in [1.807, 2.05) is 6.07 Å². The Morgan fingerprint density at radius 3 is 2.41 bits per heavy atom. The predicted octanol–water partition coefficient (Wildman–Crippen LogP) is 3.72. The number of halogens is 2. The van der Waals surface area contributed by atoms with E-state index in [1.54, 1.807) is 18.2 Å². The summed E-state index contributed by atoms with van der Waals surface area (Å²) < 4.78 is 12.9. The first kappa shape index (κ1) is 11.4. The SMILES string of the molecule is N#Cc1cc(-c2ccc(F)c(O)c2)ccc1Cl. The molecular formula is C13H7ClFNO. The van der Waals surface area contributed by atoms with Gasteiger partial charge in [0.15, 0.2) is 11.6 Å². The molecule has 0 amide bonds. The maximum Gasteiger partial charge on any atom is 0.164 e. The van der Waals surface area contributed by atoms with Gasteiger partial charge in [0.1, 0.15) is 6.07 Å². The molecule has 0 radical (unpaired) electrons. The first-order chi connectivity index (χ1) is 8.11. The Hall–Kier alpha value is -2.05. The summed E-state index contributed by atoms with van der Waals surface area (Å²) in [5.74, 6) is -1.10. The van der Waals surface area contributed by atoms with Crippen molar-refractivity contribution in [2.45, 2.75) is 0 Å². The first-order valence-corrected chi connectivity index (χ1v) is 5.18. The van der Waals surface area contributed by atoms with Crippen molar-refractivity contribution in [2.75, 3.05) is 0 Å². The van der Waals surface area contributed by atoms with Gasteiger partial charge in [-0.25, -0.2) is 4.39 Å². The minimum atomic E-state index is -0.678. The van der Waals surface area contributed by atoms with Crippen LogP contribution in [-0.2, 0) is 0 Å². The average Bonchev–Trinajstić information content (AvgIpc) is 2.33. The monoisotopic (exact) mass is 247 g/mol. The third-order valence-electron chi connectivity index (χ3n) is 2.37. The second-order valence-electron chi connectivity index (χ2n) is 3.47. The van der Waals surface area contributed by atoms with E-state index in [1.165, 1.54) is 18.2 Å². The van der Waals surface area contributed by atoms with Crippen LogP contribution in [0.4, 0.5) is 4.39 Å². The summed E-state index contributed by atoms with van der Waals surface area (Å²) in [6.45, 7) is 0. The standard InChI is InChI=1S/C13H7ClFNO/c14-11-3-1-8(5-10(11)7-16)9-2-4-12(15)13(17)6-9/h1-6,17H. The third-order valence-corrected chi connectivity index (χ3v) is 2.70. The van der Waals surface area contributed by atoms with Crippen molar-refractivity contribution in [3.8, 4) is 22.9 Å². The van der Waals surface area contributed by atoms with Crippen LogP contribution in [0.2, 0.25) is 5.02 Å². The van der Waals surface area contributed by atoms with Crippen molar-refractivity contribution in [3.05, 3.63) is 52.8 Å². The van der Waals surface area contributed by atoms with E-state index in [2.05, 4.69) is 0 Å². The van der Waals surface area contributed by atoms with Crippen LogP contribution in [0.3, 0.4) is 0 Å². The largest absolute Gasteiger partial charge is 0.505 e. The summed E-state index contributed by atoms with van der Waals surface area (Å²) in [6, 6.07) is 10.9. The van der Waals surface area contributed by atoms with Crippen LogP contribution >= 0.6 is 11.6 Å². The first-order valence-electron chi connectivity index (χ1n) is 4.80. The number of phenols is 1. The molecule has 0 fully saturated rings. The number of nitriles is 1. The van der Waals surface area contributed by atoms with Gasteiger partial charge in [-0.3, -0.25) is 0 Å². The molecule has 17 heavy (non-hydrogen) atoms. The predicted molar refractivity (Wildman–Crippen MR) is 63.2 cm³/mol. The number of rotatable bonds is 1. The van der Waals surface area contributed by atoms with E-state index in [9.17, 15) is 9.50 Å². The fraction of sp³-hybridized carbons (Fsp3) is 0. The number of benzene rings is 2. The summed E-state index contributed by atoms with van der Waals surface area (Å²) in [5, 5.41) is 18.5. The molecule has 0 unspecified atom stereocenters. The van der Waals surface area contributed by atoms with Gasteiger partial charge in [0.25, 0.3) is 0 Å². The maximum absolute atomic E-state index is 12.9. The molecular weight excluding hydrogens is 241 g/mol. The van der Waals surface area contributed by atoms with Crippen molar-refractivity contribution < 1.29 is 9.50 Å². The van der Waals surface area contributed by atoms with Gasteiger partial charge < -0.3 is 5.11 Å². The zero-order valence-corrected chi connectivity index (χ0v) is 9.37. The number of phenolic OH excluding ortho intramolecular Hbond substituents is 1. The van der Waals surface area contributed by atoms with Crippen LogP contribution in [0, 0.1) is 17.1 Å². The summed E-state index contributed by atoms with van der Waals surface area (Å²) >= 11 is 5.81. The minimum Gasteiger partial charge on any atom is -0.505 e. The molecule has 1 N–H and O–H groups in total. The molecule has 0 aromatic heterocycles. The van der Waals surface area contributed by atoms with Crippen LogP contribution in [-0.4, -0.2) is 5.11 Å². The Balaban J connectivity index is 2.54. The van der Waals surface area contributed by atoms with E-state index >= 15 is 0 Å². The zero-order valence-electron chi connectivity index (χ0n) is 8.61. The molecule has 2 aromatic carbocycles. The van der Waals surface area contributed by atoms with E-state index in [0.717, 1.165) is 0 Å². The minimum absolute atomic E-state index is 0.341. The topological polar surface area (TPSA) is 44.0 Å². The molecule has 84 valence electrons. The molecule has 0 bridgehead atoms. The van der Waals surface area contributed by atoms with Gasteiger partial charge in [-0.05, 0) is 35.4 Å². The second kappa shape index (κ2) is 4.44. The van der Waals surface area contributed by atoms with E-state index in [0.29, 0.717) is 21.7 Å². The number of nitrogens with zero attached hydrogens (tertiary/aromatic N) is 1. The van der Waals surface area contributed by atoms with Gasteiger partial charge in [-0.1, -0.05) is 23.7 Å². The molecule has 4 heteroatoms. The fourth-order valence-electron chi connectivity index (χ4n) is 1.48. The van der Waals surface area contributed by atoms with Crippen molar-refractivity contribution in [2.24, 2.45) is 0 Å². The fourth-order valence-corrected chi connectivity index (χ4v) is 1.64. The Morgan fingerprint density at radius 1 is 1.12 bits per heavy atom. The molecule has 0 aliphatic carbocycles. The zero-order chi connectivity index (χ0) is 12.4. The normalized spacial score (nSPS) is 9.94. The Labute approximate surface area is 103 Å². The van der Waals surface area contributed by atoms with Crippen LogP contribution in [0.5, 0.6) is 5.75 Å². The molecule has 0 aliphatic heterocycles. The lowest BCUT2D eigenvalue weighted by molar-refractivity contribution is 0.433. The number of aromatic hydroxyl groups is 1. The van der Waals surface area contributed by atoms with Crippen LogP contribution in [0.1, 0.15) is 5.56 Å². The Bertz CT molecular complexity index is 619. The van der Waals surface area contributed by atoms with Gasteiger partial charge in [-0.15, -0.1) is 0 Å². The van der Waals surface area contributed by atoms with E-state index in [4.69, 9.17) is 16.9 Å².